The number of halogens is 1. The Morgan fingerprint density at radius 3 is 2.21 bits per heavy atom. The number of carbonyl (C=O) groups excluding carboxylic acids is 2. The Kier molecular flexibility index (Phi) is 6.00. The van der Waals surface area contributed by atoms with Gasteiger partial charge in [-0.3, -0.25) is 15.0 Å². The summed E-state index contributed by atoms with van der Waals surface area (Å²) in [5.41, 5.74) is 12.8. The number of carbonyl (C=O) groups is 2. The van der Waals surface area contributed by atoms with Crippen LogP contribution in [0.4, 0.5) is 0 Å². The number of amidine groups is 1. The first kappa shape index (κ1) is 20.6. The van der Waals surface area contributed by atoms with E-state index in [1.807, 2.05) is 0 Å². The molecule has 29 heavy (non-hydrogen) atoms. The number of ketones is 1. The molecule has 1 aromatic heterocycles. The van der Waals surface area contributed by atoms with E-state index in [0.29, 0.717) is 31.7 Å². The molecule has 0 bridgehead atoms. The molecule has 3 rings (SSSR count). The monoisotopic (exact) mass is 427 g/mol. The highest BCUT2D eigenvalue weighted by Gasteiger charge is 2.28. The minimum absolute atomic E-state index is 0.217. The van der Waals surface area contributed by atoms with Gasteiger partial charge in [0.25, 0.3) is 0 Å². The SMILES string of the molecule is COc1ccc(C(=O)c2cc(C(C(=N)N)C(N)=O)c(-c3ccc(Cl)cc3)s2)cc1. The Morgan fingerprint density at radius 1 is 1.07 bits per heavy atom. The largest absolute Gasteiger partial charge is 0.497 e. The van der Waals surface area contributed by atoms with E-state index in [1.165, 1.54) is 11.3 Å². The maximum atomic E-state index is 13.0. The molecule has 0 fully saturated rings. The fourth-order valence-electron chi connectivity index (χ4n) is 2.92. The minimum Gasteiger partial charge on any atom is -0.497 e. The van der Waals surface area contributed by atoms with Crippen molar-refractivity contribution >= 4 is 40.5 Å². The zero-order valence-electron chi connectivity index (χ0n) is 15.4. The summed E-state index contributed by atoms with van der Waals surface area (Å²) < 4.78 is 5.12. The van der Waals surface area contributed by atoms with Crippen LogP contribution >= 0.6 is 22.9 Å². The minimum atomic E-state index is -1.13. The zero-order valence-corrected chi connectivity index (χ0v) is 17.0. The highest BCUT2D eigenvalue weighted by Crippen LogP contribution is 2.38. The topological polar surface area (TPSA) is 119 Å². The predicted molar refractivity (Wildman–Crippen MR) is 115 cm³/mol. The fourth-order valence-corrected chi connectivity index (χ4v) is 4.21. The predicted octanol–water partition coefficient (Wildman–Crippen LogP) is 3.81. The molecule has 1 heterocycles. The van der Waals surface area contributed by atoms with Crippen LogP contribution in [0.5, 0.6) is 5.75 Å². The second-order valence-corrected chi connectivity index (χ2v) is 7.74. The average Bonchev–Trinajstić information content (AvgIpc) is 3.12. The summed E-state index contributed by atoms with van der Waals surface area (Å²) in [6.07, 6.45) is 0. The fraction of sp³-hybridized carbons (Fsp3) is 0.0952. The molecule has 0 saturated heterocycles. The number of amides is 1. The number of methoxy groups -OCH3 is 1. The molecule has 8 heteroatoms. The van der Waals surface area contributed by atoms with Gasteiger partial charge in [-0.05, 0) is 53.6 Å². The molecule has 0 aliphatic carbocycles. The van der Waals surface area contributed by atoms with Gasteiger partial charge >= 0.3 is 0 Å². The van der Waals surface area contributed by atoms with Crippen molar-refractivity contribution in [2.45, 2.75) is 5.92 Å². The van der Waals surface area contributed by atoms with Gasteiger partial charge in [-0.2, -0.15) is 0 Å². The number of nitrogens with two attached hydrogens (primary N) is 2. The van der Waals surface area contributed by atoms with Crippen molar-refractivity contribution < 1.29 is 14.3 Å². The summed E-state index contributed by atoms with van der Waals surface area (Å²) in [5, 5.41) is 8.35. The Morgan fingerprint density at radius 2 is 1.69 bits per heavy atom. The lowest BCUT2D eigenvalue weighted by molar-refractivity contribution is -0.118. The van der Waals surface area contributed by atoms with Gasteiger partial charge in [0.1, 0.15) is 17.5 Å². The van der Waals surface area contributed by atoms with E-state index in [1.54, 1.807) is 61.7 Å². The summed E-state index contributed by atoms with van der Waals surface area (Å²) in [5.74, 6) is -1.84. The van der Waals surface area contributed by atoms with Crippen molar-refractivity contribution in [3.63, 3.8) is 0 Å². The lowest BCUT2D eigenvalue weighted by Gasteiger charge is -2.12. The normalized spacial score (nSPS) is 11.7. The van der Waals surface area contributed by atoms with Crippen molar-refractivity contribution in [2.75, 3.05) is 7.11 Å². The number of rotatable bonds is 7. The molecular weight excluding hydrogens is 410 g/mol. The summed E-state index contributed by atoms with van der Waals surface area (Å²) >= 11 is 7.18. The van der Waals surface area contributed by atoms with Crippen LogP contribution < -0.4 is 16.2 Å². The lowest BCUT2D eigenvalue weighted by atomic mass is 9.94. The summed E-state index contributed by atoms with van der Waals surface area (Å²) in [6, 6.07) is 15.3. The molecule has 0 saturated carbocycles. The summed E-state index contributed by atoms with van der Waals surface area (Å²) in [7, 11) is 1.55. The third-order valence-electron chi connectivity index (χ3n) is 4.35. The molecule has 1 amide bonds. The molecule has 3 aromatic rings. The first-order valence-electron chi connectivity index (χ1n) is 8.53. The van der Waals surface area contributed by atoms with Crippen LogP contribution in [0, 0.1) is 5.41 Å². The van der Waals surface area contributed by atoms with Gasteiger partial charge in [-0.15, -0.1) is 11.3 Å². The molecule has 0 aliphatic rings. The van der Waals surface area contributed by atoms with E-state index < -0.39 is 11.8 Å². The van der Waals surface area contributed by atoms with E-state index in [0.717, 1.165) is 5.56 Å². The average molecular weight is 428 g/mol. The Hall–Kier alpha value is -3.16. The van der Waals surface area contributed by atoms with Crippen LogP contribution in [0.25, 0.3) is 10.4 Å². The maximum absolute atomic E-state index is 13.0. The number of benzene rings is 2. The van der Waals surface area contributed by atoms with E-state index in [2.05, 4.69) is 0 Å². The van der Waals surface area contributed by atoms with E-state index >= 15 is 0 Å². The van der Waals surface area contributed by atoms with Crippen LogP contribution in [0.15, 0.2) is 54.6 Å². The second kappa shape index (κ2) is 8.46. The number of thiophene rings is 1. The van der Waals surface area contributed by atoms with Crippen molar-refractivity contribution in [1.29, 1.82) is 5.41 Å². The highest BCUT2D eigenvalue weighted by molar-refractivity contribution is 7.17. The smallest absolute Gasteiger partial charge is 0.232 e. The molecule has 6 nitrogen and oxygen atoms in total. The van der Waals surface area contributed by atoms with E-state index in [9.17, 15) is 9.59 Å². The van der Waals surface area contributed by atoms with Gasteiger partial charge in [0.15, 0.2) is 0 Å². The Bertz CT molecular complexity index is 1060. The van der Waals surface area contributed by atoms with Gasteiger partial charge in [0.2, 0.25) is 11.7 Å². The number of hydrogen-bond acceptors (Lipinski definition) is 5. The quantitative estimate of drug-likeness (QED) is 0.301. The molecule has 1 atom stereocenters. The van der Waals surface area contributed by atoms with Gasteiger partial charge in [0.05, 0.1) is 12.0 Å². The molecule has 0 aliphatic heterocycles. The highest BCUT2D eigenvalue weighted by atomic mass is 35.5. The number of hydrogen-bond donors (Lipinski definition) is 3. The van der Waals surface area contributed by atoms with Gasteiger partial charge in [0, 0.05) is 15.5 Å². The van der Waals surface area contributed by atoms with Crippen molar-refractivity contribution in [2.24, 2.45) is 11.5 Å². The van der Waals surface area contributed by atoms with E-state index in [-0.39, 0.29) is 11.6 Å². The third-order valence-corrected chi connectivity index (χ3v) is 5.80. The molecule has 0 spiro atoms. The molecular formula is C21H18ClN3O3S. The van der Waals surface area contributed by atoms with Crippen molar-refractivity contribution in [3.05, 3.63) is 75.6 Å². The van der Waals surface area contributed by atoms with Crippen LogP contribution in [0.3, 0.4) is 0 Å². The molecule has 1 unspecified atom stereocenters. The maximum Gasteiger partial charge on any atom is 0.232 e. The van der Waals surface area contributed by atoms with Crippen LogP contribution in [0.2, 0.25) is 5.02 Å². The Balaban J connectivity index is 2.12. The standard InChI is InChI=1S/C21H18ClN3O3S/c1-28-14-8-4-11(5-9-14)18(26)16-10-15(17(20(23)24)21(25)27)19(29-16)12-2-6-13(22)7-3-12/h2-10,17H,1H3,(H3,23,24)(H2,25,27). The van der Waals surface area contributed by atoms with Gasteiger partial charge in [-0.1, -0.05) is 23.7 Å². The molecule has 5 N–H and O–H groups in total. The van der Waals surface area contributed by atoms with Crippen LogP contribution in [-0.2, 0) is 4.79 Å². The van der Waals surface area contributed by atoms with E-state index in [4.69, 9.17) is 33.2 Å². The molecule has 0 radical (unpaired) electrons. The summed E-state index contributed by atoms with van der Waals surface area (Å²) in [6.45, 7) is 0. The second-order valence-electron chi connectivity index (χ2n) is 6.25. The third kappa shape index (κ3) is 4.31. The number of primary amides is 1. The molecule has 148 valence electrons. The van der Waals surface area contributed by atoms with Crippen molar-refractivity contribution in [1.82, 2.24) is 0 Å². The van der Waals surface area contributed by atoms with Crippen LogP contribution in [0.1, 0.15) is 26.7 Å². The first-order valence-corrected chi connectivity index (χ1v) is 9.73. The van der Waals surface area contributed by atoms with Gasteiger partial charge < -0.3 is 16.2 Å². The summed E-state index contributed by atoms with van der Waals surface area (Å²) in [4.78, 5) is 26.0. The number of nitrogens with one attached hydrogen (secondary N) is 1. The van der Waals surface area contributed by atoms with Gasteiger partial charge in [-0.25, -0.2) is 0 Å². The number of ether oxygens (including phenoxy) is 1. The zero-order chi connectivity index (χ0) is 21.1. The lowest BCUT2D eigenvalue weighted by Crippen LogP contribution is -2.32. The molecule has 2 aromatic carbocycles. The Labute approximate surface area is 176 Å². The first-order chi connectivity index (χ1) is 13.8. The van der Waals surface area contributed by atoms with Crippen LogP contribution in [-0.4, -0.2) is 24.6 Å². The van der Waals surface area contributed by atoms with Crippen molar-refractivity contribution in [3.8, 4) is 16.2 Å².